The highest BCUT2D eigenvalue weighted by atomic mass is 35.5. The minimum atomic E-state index is -0.315. The molecule has 0 amide bonds. The molecule has 0 aliphatic rings. The lowest BCUT2D eigenvalue weighted by Gasteiger charge is -2.12. The molecule has 0 saturated carbocycles. The van der Waals surface area contributed by atoms with Gasteiger partial charge in [-0.1, -0.05) is 29.3 Å². The van der Waals surface area contributed by atoms with E-state index in [0.29, 0.717) is 33.5 Å². The van der Waals surface area contributed by atoms with Gasteiger partial charge in [0.05, 0.1) is 10.0 Å². The van der Waals surface area contributed by atoms with E-state index in [4.69, 9.17) is 32.4 Å². The number of ether oxygens (including phenoxy) is 1. The van der Waals surface area contributed by atoms with Crippen LogP contribution in [0.3, 0.4) is 0 Å². The molecule has 0 N–H and O–H groups in total. The van der Waals surface area contributed by atoms with Crippen molar-refractivity contribution in [2.45, 2.75) is 27.4 Å². The molecule has 5 heteroatoms. The van der Waals surface area contributed by atoms with E-state index < -0.39 is 0 Å². The molecule has 2 aromatic carbocycles. The molecule has 0 saturated heterocycles. The average Bonchev–Trinajstić information content (AvgIpc) is 2.56. The fraction of sp³-hybridized carbons (Fsp3) is 0.211. The maximum Gasteiger partial charge on any atom is 0.339 e. The smallest absolute Gasteiger partial charge is 0.339 e. The number of fused-ring (bicyclic) bond motifs is 1. The third kappa shape index (κ3) is 3.02. The summed E-state index contributed by atoms with van der Waals surface area (Å²) >= 11 is 11.9. The van der Waals surface area contributed by atoms with Gasteiger partial charge in [-0.05, 0) is 56.2 Å². The summed E-state index contributed by atoms with van der Waals surface area (Å²) in [6.07, 6.45) is 0. The highest BCUT2D eigenvalue weighted by Crippen LogP contribution is 2.30. The zero-order chi connectivity index (χ0) is 17.4. The zero-order valence-corrected chi connectivity index (χ0v) is 15.1. The summed E-state index contributed by atoms with van der Waals surface area (Å²) in [5.41, 5.74) is 3.52. The Hall–Kier alpha value is -1.97. The van der Waals surface area contributed by atoms with Crippen LogP contribution in [0.5, 0.6) is 5.75 Å². The topological polar surface area (TPSA) is 39.4 Å². The van der Waals surface area contributed by atoms with Gasteiger partial charge < -0.3 is 9.15 Å². The van der Waals surface area contributed by atoms with Gasteiger partial charge in [0.25, 0.3) is 0 Å². The number of halogens is 2. The standard InChI is InChI=1S/C19H16Cl2O3/c1-10-11(2)19(22)24-18-12(3)17(7-5-14(10)18)23-9-13-4-6-15(20)16(21)8-13/h4-8H,9H2,1-3H3. The van der Waals surface area contributed by atoms with Crippen molar-refractivity contribution in [1.29, 1.82) is 0 Å². The monoisotopic (exact) mass is 362 g/mol. The molecule has 3 rings (SSSR count). The third-order valence-electron chi connectivity index (χ3n) is 4.20. The van der Waals surface area contributed by atoms with E-state index in [0.717, 1.165) is 22.1 Å². The van der Waals surface area contributed by atoms with Crippen LogP contribution in [0.4, 0.5) is 0 Å². The molecule has 124 valence electrons. The molecule has 3 nitrogen and oxygen atoms in total. The van der Waals surface area contributed by atoms with Crippen molar-refractivity contribution in [3.63, 3.8) is 0 Å². The second-order valence-electron chi connectivity index (χ2n) is 5.74. The first kappa shape index (κ1) is 16.9. The van der Waals surface area contributed by atoms with Gasteiger partial charge in [-0.25, -0.2) is 4.79 Å². The first-order valence-corrected chi connectivity index (χ1v) is 8.24. The van der Waals surface area contributed by atoms with Crippen molar-refractivity contribution >= 4 is 34.2 Å². The van der Waals surface area contributed by atoms with Crippen LogP contribution in [0.25, 0.3) is 11.0 Å². The highest BCUT2D eigenvalue weighted by molar-refractivity contribution is 6.42. The molecule has 0 aliphatic carbocycles. The number of aryl methyl sites for hydroxylation is 2. The van der Waals surface area contributed by atoms with Crippen LogP contribution in [0.1, 0.15) is 22.3 Å². The van der Waals surface area contributed by atoms with Crippen LogP contribution in [0.2, 0.25) is 10.0 Å². The van der Waals surface area contributed by atoms with Crippen molar-refractivity contribution in [2.75, 3.05) is 0 Å². The van der Waals surface area contributed by atoms with Gasteiger partial charge in [0.2, 0.25) is 0 Å². The normalized spacial score (nSPS) is 11.0. The van der Waals surface area contributed by atoms with Crippen LogP contribution in [-0.4, -0.2) is 0 Å². The Labute approximate surface area is 149 Å². The van der Waals surface area contributed by atoms with Crippen molar-refractivity contribution in [1.82, 2.24) is 0 Å². The van der Waals surface area contributed by atoms with Gasteiger partial charge in [0.15, 0.2) is 0 Å². The minimum Gasteiger partial charge on any atom is -0.488 e. The average molecular weight is 363 g/mol. The second-order valence-corrected chi connectivity index (χ2v) is 6.56. The molecule has 0 aliphatic heterocycles. The lowest BCUT2D eigenvalue weighted by molar-refractivity contribution is 0.304. The minimum absolute atomic E-state index is 0.315. The summed E-state index contributed by atoms with van der Waals surface area (Å²) in [4.78, 5) is 11.9. The summed E-state index contributed by atoms with van der Waals surface area (Å²) in [7, 11) is 0. The van der Waals surface area contributed by atoms with Gasteiger partial charge in [-0.15, -0.1) is 0 Å². The number of hydrogen-bond donors (Lipinski definition) is 0. The van der Waals surface area contributed by atoms with E-state index in [-0.39, 0.29) is 5.63 Å². The van der Waals surface area contributed by atoms with Gasteiger partial charge in [0.1, 0.15) is 17.9 Å². The van der Waals surface area contributed by atoms with E-state index >= 15 is 0 Å². The van der Waals surface area contributed by atoms with Gasteiger partial charge in [-0.2, -0.15) is 0 Å². The Kier molecular flexibility index (Phi) is 4.57. The summed E-state index contributed by atoms with van der Waals surface area (Å²) < 4.78 is 11.3. The first-order valence-electron chi connectivity index (χ1n) is 7.49. The Morgan fingerprint density at radius 3 is 2.42 bits per heavy atom. The van der Waals surface area contributed by atoms with Gasteiger partial charge in [-0.3, -0.25) is 0 Å². The Morgan fingerprint density at radius 2 is 1.71 bits per heavy atom. The molecule has 3 aromatic rings. The molecule has 0 fully saturated rings. The Morgan fingerprint density at radius 1 is 0.958 bits per heavy atom. The van der Waals surface area contributed by atoms with E-state index in [9.17, 15) is 4.79 Å². The van der Waals surface area contributed by atoms with Crippen LogP contribution < -0.4 is 10.4 Å². The number of rotatable bonds is 3. The van der Waals surface area contributed by atoms with E-state index in [1.165, 1.54) is 0 Å². The van der Waals surface area contributed by atoms with Crippen molar-refractivity contribution in [3.05, 3.63) is 73.1 Å². The van der Waals surface area contributed by atoms with Crippen molar-refractivity contribution < 1.29 is 9.15 Å². The van der Waals surface area contributed by atoms with Gasteiger partial charge >= 0.3 is 5.63 Å². The lowest BCUT2D eigenvalue weighted by Crippen LogP contribution is -2.07. The van der Waals surface area contributed by atoms with Crippen molar-refractivity contribution in [2.24, 2.45) is 0 Å². The molecule has 1 aromatic heterocycles. The SMILES string of the molecule is Cc1c(C)c2ccc(OCc3ccc(Cl)c(Cl)c3)c(C)c2oc1=O. The molecule has 0 unspecified atom stereocenters. The maximum absolute atomic E-state index is 11.9. The molecule has 0 atom stereocenters. The largest absolute Gasteiger partial charge is 0.488 e. The van der Waals surface area contributed by atoms with Crippen LogP contribution in [-0.2, 0) is 6.61 Å². The molecular weight excluding hydrogens is 347 g/mol. The Bertz CT molecular complexity index is 990. The molecule has 1 heterocycles. The third-order valence-corrected chi connectivity index (χ3v) is 4.94. The summed E-state index contributed by atoms with van der Waals surface area (Å²) in [6, 6.07) is 9.17. The first-order chi connectivity index (χ1) is 11.4. The summed E-state index contributed by atoms with van der Waals surface area (Å²) in [5.74, 6) is 0.667. The van der Waals surface area contributed by atoms with Crippen molar-refractivity contribution in [3.8, 4) is 5.75 Å². The fourth-order valence-electron chi connectivity index (χ4n) is 2.57. The number of benzene rings is 2. The van der Waals surface area contributed by atoms with E-state index in [1.807, 2.05) is 32.0 Å². The second kappa shape index (κ2) is 6.50. The quantitative estimate of drug-likeness (QED) is 0.568. The molecule has 0 radical (unpaired) electrons. The predicted octanol–water partition coefficient (Wildman–Crippen LogP) is 5.60. The molecular formula is C19H16Cl2O3. The van der Waals surface area contributed by atoms with Gasteiger partial charge in [0, 0.05) is 16.5 Å². The maximum atomic E-state index is 11.9. The van der Waals surface area contributed by atoms with Crippen LogP contribution in [0.15, 0.2) is 39.5 Å². The summed E-state index contributed by atoms with van der Waals surface area (Å²) in [5, 5.41) is 1.92. The lowest BCUT2D eigenvalue weighted by atomic mass is 10.0. The molecule has 0 bridgehead atoms. The van der Waals surface area contributed by atoms with E-state index in [1.54, 1.807) is 19.1 Å². The number of hydrogen-bond acceptors (Lipinski definition) is 3. The molecule has 24 heavy (non-hydrogen) atoms. The predicted molar refractivity (Wildman–Crippen MR) is 97.5 cm³/mol. The Balaban J connectivity index is 1.95. The fourth-order valence-corrected chi connectivity index (χ4v) is 2.89. The molecule has 0 spiro atoms. The van der Waals surface area contributed by atoms with E-state index in [2.05, 4.69) is 0 Å². The van der Waals surface area contributed by atoms with Crippen LogP contribution >= 0.6 is 23.2 Å². The van der Waals surface area contributed by atoms with Crippen LogP contribution in [0, 0.1) is 20.8 Å². The highest BCUT2D eigenvalue weighted by Gasteiger charge is 2.13. The summed E-state index contributed by atoms with van der Waals surface area (Å²) in [6.45, 7) is 5.91. The zero-order valence-electron chi connectivity index (χ0n) is 13.6.